The van der Waals surface area contributed by atoms with Gasteiger partial charge in [-0.2, -0.15) is 8.78 Å². The number of hydrogen-bond donors (Lipinski definition) is 1. The molecular formula is C13H17F2NO2. The van der Waals surface area contributed by atoms with Gasteiger partial charge in [-0.15, -0.1) is 0 Å². The van der Waals surface area contributed by atoms with Crippen molar-refractivity contribution in [3.63, 3.8) is 0 Å². The van der Waals surface area contributed by atoms with Crippen molar-refractivity contribution in [1.29, 1.82) is 0 Å². The first-order chi connectivity index (χ1) is 8.65. The third-order valence-corrected chi connectivity index (χ3v) is 3.06. The topological polar surface area (TPSA) is 32.7 Å². The number of aliphatic hydroxyl groups is 1. The fraction of sp³-hybridized carbons (Fsp3) is 0.538. The largest absolute Gasteiger partial charge is 0.434 e. The van der Waals surface area contributed by atoms with Gasteiger partial charge in [-0.25, -0.2) is 0 Å². The normalized spacial score (nSPS) is 21.2. The van der Waals surface area contributed by atoms with Crippen LogP contribution in [-0.4, -0.2) is 35.8 Å². The molecule has 5 heteroatoms. The van der Waals surface area contributed by atoms with Crippen LogP contribution in [-0.2, 0) is 6.54 Å². The number of aliphatic hydroxyl groups excluding tert-OH is 1. The van der Waals surface area contributed by atoms with Gasteiger partial charge in [-0.05, 0) is 25.5 Å². The highest BCUT2D eigenvalue weighted by molar-refractivity contribution is 5.33. The molecule has 0 spiro atoms. The standard InChI is InChI=1S/C13H17F2NO2/c14-13(15)18-12-6-2-1-4-10(12)8-16-7-3-5-11(17)9-16/h1-2,4,6,11,13,17H,3,5,7-9H2/t11-/m0/s1. The first kappa shape index (κ1) is 13.2. The van der Waals surface area contributed by atoms with Gasteiger partial charge in [0.15, 0.2) is 0 Å². The Labute approximate surface area is 105 Å². The van der Waals surface area contributed by atoms with E-state index in [9.17, 15) is 13.9 Å². The molecule has 18 heavy (non-hydrogen) atoms. The van der Waals surface area contributed by atoms with E-state index in [0.29, 0.717) is 13.1 Å². The molecule has 0 amide bonds. The number of ether oxygens (including phenoxy) is 1. The van der Waals surface area contributed by atoms with Gasteiger partial charge < -0.3 is 9.84 Å². The molecule has 0 unspecified atom stereocenters. The average Bonchev–Trinajstić information content (AvgIpc) is 2.31. The van der Waals surface area contributed by atoms with E-state index in [1.54, 1.807) is 24.3 Å². The third-order valence-electron chi connectivity index (χ3n) is 3.06. The fourth-order valence-corrected chi connectivity index (χ4v) is 2.26. The van der Waals surface area contributed by atoms with Crippen molar-refractivity contribution in [2.45, 2.75) is 32.1 Å². The molecule has 0 saturated carbocycles. The lowest BCUT2D eigenvalue weighted by molar-refractivity contribution is -0.0510. The van der Waals surface area contributed by atoms with Crippen LogP contribution in [0.25, 0.3) is 0 Å². The molecule has 0 aromatic heterocycles. The van der Waals surface area contributed by atoms with Gasteiger partial charge in [0.25, 0.3) is 0 Å². The SMILES string of the molecule is O[C@H]1CCCN(Cc2ccccc2OC(F)F)C1. The lowest BCUT2D eigenvalue weighted by Crippen LogP contribution is -2.37. The van der Waals surface area contributed by atoms with Gasteiger partial charge in [0.05, 0.1) is 6.10 Å². The summed E-state index contributed by atoms with van der Waals surface area (Å²) in [5.41, 5.74) is 0.729. The Morgan fingerprint density at radius 3 is 2.89 bits per heavy atom. The summed E-state index contributed by atoms with van der Waals surface area (Å²) in [5, 5.41) is 9.58. The monoisotopic (exact) mass is 257 g/mol. The van der Waals surface area contributed by atoms with Crippen LogP contribution in [0.5, 0.6) is 5.75 Å². The van der Waals surface area contributed by atoms with Crippen molar-refractivity contribution in [1.82, 2.24) is 4.90 Å². The molecule has 1 aromatic carbocycles. The Balaban J connectivity index is 2.03. The van der Waals surface area contributed by atoms with Crippen LogP contribution in [0.2, 0.25) is 0 Å². The first-order valence-corrected chi connectivity index (χ1v) is 6.08. The zero-order valence-electron chi connectivity index (χ0n) is 10.1. The summed E-state index contributed by atoms with van der Waals surface area (Å²) in [6.07, 6.45) is 1.42. The molecule has 2 rings (SSSR count). The molecule has 3 nitrogen and oxygen atoms in total. The van der Waals surface area contributed by atoms with Crippen molar-refractivity contribution >= 4 is 0 Å². The van der Waals surface area contributed by atoms with Gasteiger partial charge in [-0.1, -0.05) is 18.2 Å². The lowest BCUT2D eigenvalue weighted by Gasteiger charge is -2.30. The maximum atomic E-state index is 12.3. The lowest BCUT2D eigenvalue weighted by atomic mass is 10.1. The van der Waals surface area contributed by atoms with E-state index in [1.165, 1.54) is 0 Å². The molecule has 1 fully saturated rings. The molecular weight excluding hydrogens is 240 g/mol. The van der Waals surface area contributed by atoms with Gasteiger partial charge in [0.2, 0.25) is 0 Å². The van der Waals surface area contributed by atoms with Crippen molar-refractivity contribution < 1.29 is 18.6 Å². The second-order valence-corrected chi connectivity index (χ2v) is 4.52. The van der Waals surface area contributed by atoms with Crippen molar-refractivity contribution in [3.05, 3.63) is 29.8 Å². The second kappa shape index (κ2) is 6.11. The van der Waals surface area contributed by atoms with E-state index in [1.807, 2.05) is 0 Å². The number of alkyl halides is 2. The van der Waals surface area contributed by atoms with Crippen LogP contribution >= 0.6 is 0 Å². The highest BCUT2D eigenvalue weighted by atomic mass is 19.3. The molecule has 0 aliphatic carbocycles. The van der Waals surface area contributed by atoms with Gasteiger partial charge in [0.1, 0.15) is 5.75 Å². The number of likely N-dealkylation sites (tertiary alicyclic amines) is 1. The number of para-hydroxylation sites is 1. The quantitative estimate of drug-likeness (QED) is 0.898. The molecule has 0 radical (unpaired) electrons. The molecule has 1 saturated heterocycles. The molecule has 0 bridgehead atoms. The number of piperidine rings is 1. The summed E-state index contributed by atoms with van der Waals surface area (Å²) in [4.78, 5) is 2.06. The van der Waals surface area contributed by atoms with Crippen LogP contribution in [0.3, 0.4) is 0 Å². The average molecular weight is 257 g/mol. The van der Waals surface area contributed by atoms with Gasteiger partial charge in [-0.3, -0.25) is 4.90 Å². The minimum absolute atomic E-state index is 0.215. The zero-order valence-corrected chi connectivity index (χ0v) is 10.1. The minimum Gasteiger partial charge on any atom is -0.434 e. The Bertz CT molecular complexity index is 387. The summed E-state index contributed by atoms with van der Waals surface area (Å²) in [6, 6.07) is 6.79. The van der Waals surface area contributed by atoms with Crippen LogP contribution in [0, 0.1) is 0 Å². The Kier molecular flexibility index (Phi) is 4.49. The van der Waals surface area contributed by atoms with Crippen molar-refractivity contribution in [2.24, 2.45) is 0 Å². The molecule has 1 atom stereocenters. The Hall–Kier alpha value is -1.20. The predicted octanol–water partition coefficient (Wildman–Crippen LogP) is 2.24. The molecule has 1 N–H and O–H groups in total. The molecule has 1 heterocycles. The van der Waals surface area contributed by atoms with Crippen LogP contribution < -0.4 is 4.74 Å². The van der Waals surface area contributed by atoms with E-state index in [-0.39, 0.29) is 11.9 Å². The van der Waals surface area contributed by atoms with E-state index in [4.69, 9.17) is 0 Å². The second-order valence-electron chi connectivity index (χ2n) is 4.52. The number of nitrogens with zero attached hydrogens (tertiary/aromatic N) is 1. The Morgan fingerprint density at radius 1 is 1.39 bits per heavy atom. The molecule has 100 valence electrons. The number of halogens is 2. The van der Waals surface area contributed by atoms with E-state index >= 15 is 0 Å². The van der Waals surface area contributed by atoms with E-state index in [0.717, 1.165) is 24.9 Å². The number of β-amino-alcohol motifs (C(OH)–C–C–N with tert-alkyl or cyclic N) is 1. The van der Waals surface area contributed by atoms with E-state index in [2.05, 4.69) is 9.64 Å². The maximum absolute atomic E-state index is 12.3. The van der Waals surface area contributed by atoms with Crippen molar-refractivity contribution in [2.75, 3.05) is 13.1 Å². The fourth-order valence-electron chi connectivity index (χ4n) is 2.26. The smallest absolute Gasteiger partial charge is 0.387 e. The summed E-state index contributed by atoms with van der Waals surface area (Å²) in [6.45, 7) is -0.818. The van der Waals surface area contributed by atoms with Gasteiger partial charge >= 0.3 is 6.61 Å². The van der Waals surface area contributed by atoms with Crippen molar-refractivity contribution in [3.8, 4) is 5.75 Å². The van der Waals surface area contributed by atoms with Crippen LogP contribution in [0.1, 0.15) is 18.4 Å². The highest BCUT2D eigenvalue weighted by Crippen LogP contribution is 2.23. The summed E-state index contributed by atoms with van der Waals surface area (Å²) >= 11 is 0. The first-order valence-electron chi connectivity index (χ1n) is 6.08. The minimum atomic E-state index is -2.81. The molecule has 1 aliphatic rings. The Morgan fingerprint density at radius 2 is 2.17 bits per heavy atom. The zero-order chi connectivity index (χ0) is 13.0. The summed E-state index contributed by atoms with van der Waals surface area (Å²) < 4.78 is 29.0. The van der Waals surface area contributed by atoms with Gasteiger partial charge in [0, 0.05) is 18.7 Å². The summed E-state index contributed by atoms with van der Waals surface area (Å²) in [5.74, 6) is 0.215. The highest BCUT2D eigenvalue weighted by Gasteiger charge is 2.19. The summed E-state index contributed by atoms with van der Waals surface area (Å²) in [7, 11) is 0. The van der Waals surface area contributed by atoms with Crippen LogP contribution in [0.15, 0.2) is 24.3 Å². The molecule has 1 aromatic rings. The third kappa shape index (κ3) is 3.65. The van der Waals surface area contributed by atoms with E-state index < -0.39 is 6.61 Å². The molecule has 1 aliphatic heterocycles. The predicted molar refractivity (Wildman–Crippen MR) is 63.6 cm³/mol. The number of rotatable bonds is 4. The number of benzene rings is 1. The van der Waals surface area contributed by atoms with Crippen LogP contribution in [0.4, 0.5) is 8.78 Å². The maximum Gasteiger partial charge on any atom is 0.387 e. The number of hydrogen-bond acceptors (Lipinski definition) is 3.